The number of benzene rings is 2. The molecule has 2 aromatic carbocycles. The van der Waals surface area contributed by atoms with Crippen molar-refractivity contribution in [2.45, 2.75) is 10.6 Å². The molecule has 0 saturated heterocycles. The zero-order valence-electron chi connectivity index (χ0n) is 13.9. The molecule has 6 nitrogen and oxygen atoms in total. The van der Waals surface area contributed by atoms with Gasteiger partial charge in [-0.05, 0) is 29.8 Å². The Hall–Kier alpha value is -2.55. The van der Waals surface area contributed by atoms with Crippen LogP contribution in [0, 0.1) is 0 Å². The molecule has 9 heteroatoms. The van der Waals surface area contributed by atoms with Crippen LogP contribution in [-0.4, -0.2) is 24.5 Å². The van der Waals surface area contributed by atoms with Crippen LogP contribution in [0.2, 0.25) is 5.02 Å². The number of nitrogens with one attached hydrogen (secondary N) is 1. The summed E-state index contributed by atoms with van der Waals surface area (Å²) in [6, 6.07) is 15.2. The predicted octanol–water partition coefficient (Wildman–Crippen LogP) is 3.82. The monoisotopic (exact) mass is 419 g/mol. The zero-order valence-corrected chi connectivity index (χ0v) is 16.3. The van der Waals surface area contributed by atoms with Gasteiger partial charge in [-0.2, -0.15) is 0 Å². The highest BCUT2D eigenvalue weighted by molar-refractivity contribution is 7.90. The van der Waals surface area contributed by atoms with Crippen molar-refractivity contribution in [1.29, 1.82) is 0 Å². The first-order chi connectivity index (χ1) is 12.9. The molecule has 1 amide bonds. The largest absolute Gasteiger partial charge is 0.297 e. The molecular weight excluding hydrogens is 406 g/mol. The number of hydrogen-bond donors (Lipinski definition) is 1. The van der Waals surface area contributed by atoms with E-state index in [1.54, 1.807) is 42.5 Å². The fourth-order valence-corrected chi connectivity index (χ4v) is 4.72. The highest BCUT2D eigenvalue weighted by Gasteiger charge is 2.18. The van der Waals surface area contributed by atoms with Crippen molar-refractivity contribution >= 4 is 49.9 Å². The zero-order chi connectivity index (χ0) is 19.3. The SMILES string of the molecule is O=C(/C=C/c1ccccc1Cl)Nc1nnc(CS(=O)(=O)c2ccccc2)s1. The summed E-state index contributed by atoms with van der Waals surface area (Å²) in [7, 11) is -3.51. The first-order valence-corrected chi connectivity index (χ1v) is 10.6. The fraction of sp³-hybridized carbons (Fsp3) is 0.0556. The van der Waals surface area contributed by atoms with E-state index in [4.69, 9.17) is 11.6 Å². The molecule has 0 unspecified atom stereocenters. The topological polar surface area (TPSA) is 89.0 Å². The summed E-state index contributed by atoms with van der Waals surface area (Å²) in [5, 5.41) is 11.3. The molecule has 1 aromatic heterocycles. The molecular formula is C18H14ClN3O3S2. The van der Waals surface area contributed by atoms with Crippen LogP contribution in [-0.2, 0) is 20.4 Å². The second kappa shape index (κ2) is 8.43. The molecule has 0 spiro atoms. The molecule has 3 rings (SSSR count). The van der Waals surface area contributed by atoms with Gasteiger partial charge in [0.1, 0.15) is 10.8 Å². The minimum Gasteiger partial charge on any atom is -0.297 e. The molecule has 1 heterocycles. The average Bonchev–Trinajstić information content (AvgIpc) is 3.08. The van der Waals surface area contributed by atoms with Crippen LogP contribution in [0.1, 0.15) is 10.6 Å². The first kappa shape index (κ1) is 19.2. The van der Waals surface area contributed by atoms with Gasteiger partial charge in [0.25, 0.3) is 0 Å². The second-order valence-corrected chi connectivity index (χ2v) is 8.88. The van der Waals surface area contributed by atoms with Crippen LogP contribution >= 0.6 is 22.9 Å². The van der Waals surface area contributed by atoms with E-state index in [-0.39, 0.29) is 15.8 Å². The van der Waals surface area contributed by atoms with Gasteiger partial charge in [-0.1, -0.05) is 59.3 Å². The summed E-state index contributed by atoms with van der Waals surface area (Å²) in [5.74, 6) is -0.691. The molecule has 138 valence electrons. The van der Waals surface area contributed by atoms with Gasteiger partial charge in [-0.3, -0.25) is 10.1 Å². The number of halogens is 1. The summed E-state index contributed by atoms with van der Waals surface area (Å²) in [6.07, 6.45) is 2.91. The number of sulfone groups is 1. The van der Waals surface area contributed by atoms with Crippen LogP contribution < -0.4 is 5.32 Å². The quantitative estimate of drug-likeness (QED) is 0.613. The minimum absolute atomic E-state index is 0.216. The smallest absolute Gasteiger partial charge is 0.250 e. The van der Waals surface area contributed by atoms with Gasteiger partial charge in [0.15, 0.2) is 9.84 Å². The van der Waals surface area contributed by atoms with E-state index >= 15 is 0 Å². The van der Waals surface area contributed by atoms with Gasteiger partial charge in [-0.15, -0.1) is 10.2 Å². The Morgan fingerprint density at radius 3 is 2.52 bits per heavy atom. The van der Waals surface area contributed by atoms with Crippen LogP contribution in [0.25, 0.3) is 6.08 Å². The van der Waals surface area contributed by atoms with Gasteiger partial charge in [0.2, 0.25) is 11.0 Å². The highest BCUT2D eigenvalue weighted by atomic mass is 35.5. The maximum absolute atomic E-state index is 12.4. The summed E-state index contributed by atoms with van der Waals surface area (Å²) < 4.78 is 24.7. The molecule has 3 aromatic rings. The third kappa shape index (κ3) is 5.22. The number of hydrogen-bond acceptors (Lipinski definition) is 6. The van der Waals surface area contributed by atoms with E-state index in [2.05, 4.69) is 15.5 Å². The van der Waals surface area contributed by atoms with E-state index in [1.807, 2.05) is 6.07 Å². The summed E-state index contributed by atoms with van der Waals surface area (Å²) in [5.41, 5.74) is 0.709. The van der Waals surface area contributed by atoms with Gasteiger partial charge in [0.05, 0.1) is 4.90 Å². The third-order valence-electron chi connectivity index (χ3n) is 3.43. The summed E-state index contributed by atoms with van der Waals surface area (Å²) >= 11 is 7.04. The molecule has 27 heavy (non-hydrogen) atoms. The average molecular weight is 420 g/mol. The van der Waals surface area contributed by atoms with E-state index in [1.165, 1.54) is 18.2 Å². The number of carbonyl (C=O) groups excluding carboxylic acids is 1. The normalized spacial score (nSPS) is 11.6. The molecule has 0 saturated carbocycles. The maximum Gasteiger partial charge on any atom is 0.250 e. The minimum atomic E-state index is -3.51. The van der Waals surface area contributed by atoms with Gasteiger partial charge in [-0.25, -0.2) is 8.42 Å². The van der Waals surface area contributed by atoms with Crippen molar-refractivity contribution in [3.8, 4) is 0 Å². The van der Waals surface area contributed by atoms with Crippen molar-refractivity contribution in [3.05, 3.63) is 76.3 Å². The molecule has 0 fully saturated rings. The molecule has 0 atom stereocenters. The lowest BCUT2D eigenvalue weighted by Gasteiger charge is -2.00. The Labute approximate surface area is 165 Å². The number of carbonyl (C=O) groups is 1. The Kier molecular flexibility index (Phi) is 6.00. The van der Waals surface area contributed by atoms with Crippen molar-refractivity contribution in [3.63, 3.8) is 0 Å². The van der Waals surface area contributed by atoms with Gasteiger partial charge in [0, 0.05) is 11.1 Å². The van der Waals surface area contributed by atoms with Crippen molar-refractivity contribution in [2.24, 2.45) is 0 Å². The van der Waals surface area contributed by atoms with Crippen molar-refractivity contribution in [2.75, 3.05) is 5.32 Å². The van der Waals surface area contributed by atoms with Crippen LogP contribution in [0.5, 0.6) is 0 Å². The molecule has 0 aliphatic carbocycles. The molecule has 0 radical (unpaired) electrons. The van der Waals surface area contributed by atoms with E-state index in [0.717, 1.165) is 11.3 Å². The number of amides is 1. The van der Waals surface area contributed by atoms with E-state index < -0.39 is 15.7 Å². The molecule has 0 aliphatic rings. The summed E-state index contributed by atoms with van der Waals surface area (Å²) in [4.78, 5) is 12.2. The van der Waals surface area contributed by atoms with Crippen LogP contribution in [0.4, 0.5) is 5.13 Å². The molecule has 1 N–H and O–H groups in total. The van der Waals surface area contributed by atoms with Crippen molar-refractivity contribution in [1.82, 2.24) is 10.2 Å². The Balaban J connectivity index is 1.64. The van der Waals surface area contributed by atoms with Crippen LogP contribution in [0.3, 0.4) is 0 Å². The van der Waals surface area contributed by atoms with Gasteiger partial charge < -0.3 is 0 Å². The summed E-state index contributed by atoms with van der Waals surface area (Å²) in [6.45, 7) is 0. The number of anilines is 1. The number of aromatic nitrogens is 2. The maximum atomic E-state index is 12.4. The predicted molar refractivity (Wildman–Crippen MR) is 106 cm³/mol. The fourth-order valence-electron chi connectivity index (χ4n) is 2.16. The number of rotatable bonds is 6. The lowest BCUT2D eigenvalue weighted by Crippen LogP contribution is -2.07. The van der Waals surface area contributed by atoms with E-state index in [0.29, 0.717) is 15.6 Å². The van der Waals surface area contributed by atoms with Gasteiger partial charge >= 0.3 is 0 Å². The first-order valence-electron chi connectivity index (χ1n) is 7.78. The lowest BCUT2D eigenvalue weighted by molar-refractivity contribution is -0.111. The Morgan fingerprint density at radius 1 is 1.07 bits per heavy atom. The highest BCUT2D eigenvalue weighted by Crippen LogP contribution is 2.21. The second-order valence-electron chi connectivity index (χ2n) is 5.42. The molecule has 0 bridgehead atoms. The Morgan fingerprint density at radius 2 is 1.78 bits per heavy atom. The number of nitrogens with zero attached hydrogens (tertiary/aromatic N) is 2. The third-order valence-corrected chi connectivity index (χ3v) is 6.44. The van der Waals surface area contributed by atoms with Crippen molar-refractivity contribution < 1.29 is 13.2 Å². The lowest BCUT2D eigenvalue weighted by atomic mass is 10.2. The standard InChI is InChI=1S/C18H14ClN3O3S2/c19-15-9-5-4-6-13(15)10-11-16(23)20-18-22-21-17(26-18)12-27(24,25)14-7-2-1-3-8-14/h1-11H,12H2,(H,20,22,23)/b11-10+. The van der Waals surface area contributed by atoms with E-state index in [9.17, 15) is 13.2 Å². The molecule has 0 aliphatic heterocycles. The Bertz CT molecular complexity index is 1080. The van der Waals surface area contributed by atoms with Crippen LogP contribution in [0.15, 0.2) is 65.6 Å².